The summed E-state index contributed by atoms with van der Waals surface area (Å²) in [6.07, 6.45) is -1.02. The van der Waals surface area contributed by atoms with Gasteiger partial charge in [0.15, 0.2) is 0 Å². The largest absolute Gasteiger partial charge is 0.316 e. The van der Waals surface area contributed by atoms with Crippen molar-refractivity contribution in [3.63, 3.8) is 0 Å². The number of alkyl halides is 1. The normalized spacial score (nSPS) is 12.9. The molecule has 0 spiro atoms. The van der Waals surface area contributed by atoms with Crippen LogP contribution < -0.4 is 5.48 Å². The maximum atomic E-state index is 12.8. The van der Waals surface area contributed by atoms with Gasteiger partial charge in [0.25, 0.3) is 0 Å². The number of hydrogen-bond acceptors (Lipinski definition) is 2. The Labute approximate surface area is 81.3 Å². The van der Waals surface area contributed by atoms with Crippen molar-refractivity contribution in [3.8, 4) is 0 Å². The van der Waals surface area contributed by atoms with Crippen LogP contribution in [0.3, 0.4) is 0 Å². The van der Waals surface area contributed by atoms with Gasteiger partial charge >= 0.3 is 0 Å². The summed E-state index contributed by atoms with van der Waals surface area (Å²) >= 11 is 5.83. The van der Waals surface area contributed by atoms with Crippen LogP contribution in [0.15, 0.2) is 18.2 Å². The van der Waals surface area contributed by atoms with E-state index < -0.39 is 6.17 Å². The predicted molar refractivity (Wildman–Crippen MR) is 49.6 cm³/mol. The van der Waals surface area contributed by atoms with E-state index in [0.29, 0.717) is 10.6 Å². The van der Waals surface area contributed by atoms with Crippen LogP contribution in [-0.2, 0) is 6.54 Å². The molecule has 0 aromatic heterocycles. The molecule has 0 radical (unpaired) electrons. The van der Waals surface area contributed by atoms with E-state index in [0.717, 1.165) is 5.56 Å². The summed E-state index contributed by atoms with van der Waals surface area (Å²) < 4.78 is 12.8. The van der Waals surface area contributed by atoms with Gasteiger partial charge in [-0.15, -0.1) is 0 Å². The molecule has 72 valence electrons. The van der Waals surface area contributed by atoms with Crippen LogP contribution in [0, 0.1) is 0 Å². The fraction of sp³-hybridized carbons (Fsp3) is 0.333. The third kappa shape index (κ3) is 2.66. The van der Waals surface area contributed by atoms with Crippen molar-refractivity contribution in [1.29, 1.82) is 0 Å². The SMILES string of the molecule is CC(F)c1ccc(CNO)c(Cl)c1. The Bertz CT molecular complexity index is 291. The van der Waals surface area contributed by atoms with Gasteiger partial charge in [0.2, 0.25) is 0 Å². The van der Waals surface area contributed by atoms with Crippen LogP contribution in [0.4, 0.5) is 4.39 Å². The van der Waals surface area contributed by atoms with Crippen LogP contribution in [0.2, 0.25) is 5.02 Å². The van der Waals surface area contributed by atoms with Crippen LogP contribution in [0.1, 0.15) is 24.2 Å². The summed E-state index contributed by atoms with van der Waals surface area (Å²) in [5, 5.41) is 8.90. The van der Waals surface area contributed by atoms with Crippen LogP contribution >= 0.6 is 11.6 Å². The molecule has 13 heavy (non-hydrogen) atoms. The summed E-state index contributed by atoms with van der Waals surface area (Å²) in [5.41, 5.74) is 3.29. The molecule has 0 aliphatic rings. The highest BCUT2D eigenvalue weighted by Crippen LogP contribution is 2.23. The summed E-state index contributed by atoms with van der Waals surface area (Å²) in [7, 11) is 0. The number of rotatable bonds is 3. The lowest BCUT2D eigenvalue weighted by Gasteiger charge is -2.06. The molecule has 1 aromatic carbocycles. The van der Waals surface area contributed by atoms with Crippen molar-refractivity contribution in [1.82, 2.24) is 5.48 Å². The average Bonchev–Trinajstić information content (AvgIpc) is 2.08. The molecule has 0 bridgehead atoms. The van der Waals surface area contributed by atoms with Crippen molar-refractivity contribution in [2.45, 2.75) is 19.6 Å². The Hall–Kier alpha value is -0.640. The van der Waals surface area contributed by atoms with E-state index >= 15 is 0 Å². The number of nitrogens with one attached hydrogen (secondary N) is 1. The summed E-state index contributed by atoms with van der Waals surface area (Å²) in [6.45, 7) is 1.72. The zero-order chi connectivity index (χ0) is 9.84. The van der Waals surface area contributed by atoms with Crippen molar-refractivity contribution >= 4 is 11.6 Å². The quantitative estimate of drug-likeness (QED) is 0.741. The topological polar surface area (TPSA) is 32.3 Å². The van der Waals surface area contributed by atoms with Crippen LogP contribution in [-0.4, -0.2) is 5.21 Å². The van der Waals surface area contributed by atoms with Crippen molar-refractivity contribution in [2.24, 2.45) is 0 Å². The van der Waals surface area contributed by atoms with Gasteiger partial charge in [0.1, 0.15) is 6.17 Å². The molecule has 0 aliphatic carbocycles. The van der Waals surface area contributed by atoms with Gasteiger partial charge in [0.05, 0.1) is 0 Å². The maximum absolute atomic E-state index is 12.8. The first-order valence-electron chi connectivity index (χ1n) is 3.94. The first-order valence-corrected chi connectivity index (χ1v) is 4.32. The van der Waals surface area contributed by atoms with Crippen molar-refractivity contribution < 1.29 is 9.60 Å². The maximum Gasteiger partial charge on any atom is 0.122 e. The third-order valence-corrected chi connectivity index (χ3v) is 2.16. The molecule has 2 N–H and O–H groups in total. The highest BCUT2D eigenvalue weighted by Gasteiger charge is 2.06. The second-order valence-electron chi connectivity index (χ2n) is 2.80. The predicted octanol–water partition coefficient (Wildman–Crippen LogP) is 2.85. The Morgan fingerprint density at radius 3 is 2.77 bits per heavy atom. The molecule has 0 saturated carbocycles. The molecule has 1 aromatic rings. The summed E-state index contributed by atoms with van der Waals surface area (Å²) in [5.74, 6) is 0. The Morgan fingerprint density at radius 1 is 1.62 bits per heavy atom. The number of hydroxylamine groups is 1. The van der Waals surface area contributed by atoms with Gasteiger partial charge in [-0.05, 0) is 24.1 Å². The summed E-state index contributed by atoms with van der Waals surface area (Å²) in [4.78, 5) is 0. The van der Waals surface area contributed by atoms with E-state index in [1.165, 1.54) is 6.92 Å². The Balaban J connectivity index is 2.92. The lowest BCUT2D eigenvalue weighted by atomic mass is 10.1. The third-order valence-electron chi connectivity index (χ3n) is 1.81. The second-order valence-corrected chi connectivity index (χ2v) is 3.21. The molecule has 1 rings (SSSR count). The molecular formula is C9H11ClFNO. The zero-order valence-electron chi connectivity index (χ0n) is 7.22. The van der Waals surface area contributed by atoms with Gasteiger partial charge in [-0.3, -0.25) is 0 Å². The average molecular weight is 204 g/mol. The van der Waals surface area contributed by atoms with Crippen molar-refractivity contribution in [3.05, 3.63) is 34.3 Å². The van der Waals surface area contributed by atoms with Gasteiger partial charge in [-0.2, -0.15) is 0 Å². The highest BCUT2D eigenvalue weighted by molar-refractivity contribution is 6.31. The molecule has 0 amide bonds. The van der Waals surface area contributed by atoms with E-state index in [1.807, 2.05) is 5.48 Å². The lowest BCUT2D eigenvalue weighted by Crippen LogP contribution is -2.06. The van der Waals surface area contributed by atoms with Gasteiger partial charge in [-0.1, -0.05) is 23.7 Å². The molecule has 0 heterocycles. The van der Waals surface area contributed by atoms with Gasteiger partial charge < -0.3 is 5.21 Å². The highest BCUT2D eigenvalue weighted by atomic mass is 35.5. The molecule has 0 aliphatic heterocycles. The molecule has 2 nitrogen and oxygen atoms in total. The van der Waals surface area contributed by atoms with E-state index in [9.17, 15) is 4.39 Å². The van der Waals surface area contributed by atoms with Crippen molar-refractivity contribution in [2.75, 3.05) is 0 Å². The van der Waals surface area contributed by atoms with Gasteiger partial charge in [0, 0.05) is 11.6 Å². The number of hydrogen-bond donors (Lipinski definition) is 2. The van der Waals surface area contributed by atoms with E-state index in [4.69, 9.17) is 16.8 Å². The standard InChI is InChI=1S/C9H11ClFNO/c1-6(11)7-2-3-8(5-12-13)9(10)4-7/h2-4,6,12-13H,5H2,1H3. The minimum absolute atomic E-state index is 0.264. The molecule has 1 atom stereocenters. The van der Waals surface area contributed by atoms with E-state index in [2.05, 4.69) is 0 Å². The fourth-order valence-electron chi connectivity index (χ4n) is 1.04. The minimum Gasteiger partial charge on any atom is -0.316 e. The number of halogens is 2. The lowest BCUT2D eigenvalue weighted by molar-refractivity contribution is 0.161. The monoisotopic (exact) mass is 203 g/mol. The molecule has 0 saturated heterocycles. The zero-order valence-corrected chi connectivity index (χ0v) is 7.98. The molecule has 1 unspecified atom stereocenters. The Kier molecular flexibility index (Phi) is 3.66. The van der Waals surface area contributed by atoms with Gasteiger partial charge in [-0.25, -0.2) is 9.87 Å². The van der Waals surface area contributed by atoms with Crippen LogP contribution in [0.25, 0.3) is 0 Å². The first kappa shape index (κ1) is 10.4. The number of benzene rings is 1. The molecule has 4 heteroatoms. The smallest absolute Gasteiger partial charge is 0.122 e. The first-order chi connectivity index (χ1) is 6.15. The van der Waals surface area contributed by atoms with Crippen LogP contribution in [0.5, 0.6) is 0 Å². The Morgan fingerprint density at radius 2 is 2.31 bits per heavy atom. The summed E-state index contributed by atoms with van der Waals surface area (Å²) in [6, 6.07) is 4.92. The minimum atomic E-state index is -1.02. The molecule has 0 fully saturated rings. The van der Waals surface area contributed by atoms with E-state index in [1.54, 1.807) is 18.2 Å². The second kappa shape index (κ2) is 4.56. The fourth-order valence-corrected chi connectivity index (χ4v) is 1.30. The molecular weight excluding hydrogens is 193 g/mol. The van der Waals surface area contributed by atoms with E-state index in [-0.39, 0.29) is 6.54 Å².